The molecule has 0 radical (unpaired) electrons. The van der Waals surface area contributed by atoms with Crippen LogP contribution < -0.4 is 0 Å². The fourth-order valence-corrected chi connectivity index (χ4v) is 1.53. The molecule has 0 aromatic carbocycles. The first-order chi connectivity index (χ1) is 6.90. The molecule has 0 bridgehead atoms. The summed E-state index contributed by atoms with van der Waals surface area (Å²) in [7, 11) is 0. The average Bonchev–Trinajstić information content (AvgIpc) is 2.17. The van der Waals surface area contributed by atoms with E-state index in [1.54, 1.807) is 0 Å². The first-order valence-electron chi connectivity index (χ1n) is 3.83. The number of rotatable bonds is 3. The third kappa shape index (κ3) is 2.08. The van der Waals surface area contributed by atoms with E-state index in [9.17, 15) is 19.7 Å². The van der Waals surface area contributed by atoms with E-state index in [1.165, 1.54) is 12.2 Å². The van der Waals surface area contributed by atoms with Gasteiger partial charge in [0, 0.05) is 16.6 Å². The lowest BCUT2D eigenvalue weighted by Crippen LogP contribution is -2.44. The minimum absolute atomic E-state index is 0.00938. The Balaban J connectivity index is 3.14. The standard InChI is InChI=1S/C8H5Cl2NO4/c9-6(12)5-2-1-3-8(4-5,7(10)13)11(14)15/h1-3H,4H2. The maximum atomic E-state index is 11.0. The van der Waals surface area contributed by atoms with Gasteiger partial charge in [0.15, 0.2) is 0 Å². The molecule has 1 aliphatic carbocycles. The van der Waals surface area contributed by atoms with Crippen LogP contribution in [0.2, 0.25) is 0 Å². The van der Waals surface area contributed by atoms with E-state index in [-0.39, 0.29) is 5.57 Å². The summed E-state index contributed by atoms with van der Waals surface area (Å²) in [4.78, 5) is 31.8. The summed E-state index contributed by atoms with van der Waals surface area (Å²) in [6, 6.07) is 0. The summed E-state index contributed by atoms with van der Waals surface area (Å²) < 4.78 is 0. The molecule has 1 rings (SSSR count). The van der Waals surface area contributed by atoms with Crippen molar-refractivity contribution in [2.45, 2.75) is 12.0 Å². The van der Waals surface area contributed by atoms with Gasteiger partial charge in [-0.25, -0.2) is 0 Å². The number of allylic oxidation sites excluding steroid dienone is 2. The Bertz CT molecular complexity index is 385. The number of carbonyl (C=O) groups excluding carboxylic acids is 2. The Morgan fingerprint density at radius 3 is 2.47 bits per heavy atom. The van der Waals surface area contributed by atoms with E-state index >= 15 is 0 Å². The summed E-state index contributed by atoms with van der Waals surface area (Å²) in [5.41, 5.74) is -2.08. The Morgan fingerprint density at radius 1 is 1.47 bits per heavy atom. The van der Waals surface area contributed by atoms with Gasteiger partial charge in [-0.15, -0.1) is 0 Å². The molecule has 0 aromatic rings. The normalized spacial score (nSPS) is 24.5. The molecule has 5 nitrogen and oxygen atoms in total. The average molecular weight is 250 g/mol. The van der Waals surface area contributed by atoms with Crippen LogP contribution in [0.4, 0.5) is 0 Å². The van der Waals surface area contributed by atoms with Gasteiger partial charge in [-0.3, -0.25) is 19.7 Å². The Labute approximate surface area is 94.5 Å². The van der Waals surface area contributed by atoms with Crippen molar-refractivity contribution in [2.24, 2.45) is 0 Å². The van der Waals surface area contributed by atoms with E-state index in [0.29, 0.717) is 0 Å². The van der Waals surface area contributed by atoms with Crippen LogP contribution in [0.15, 0.2) is 23.8 Å². The Hall–Kier alpha value is -1.20. The van der Waals surface area contributed by atoms with Gasteiger partial charge in [0.1, 0.15) is 0 Å². The molecule has 80 valence electrons. The molecule has 1 unspecified atom stereocenters. The highest BCUT2D eigenvalue weighted by molar-refractivity contribution is 6.68. The summed E-state index contributed by atoms with van der Waals surface area (Å²) in [5, 5.41) is 8.78. The topological polar surface area (TPSA) is 77.3 Å². The molecule has 7 heteroatoms. The molecule has 1 atom stereocenters. The smallest absolute Gasteiger partial charge is 0.276 e. The van der Waals surface area contributed by atoms with Crippen LogP contribution in [-0.2, 0) is 9.59 Å². The van der Waals surface area contributed by atoms with E-state index < -0.39 is 27.4 Å². The van der Waals surface area contributed by atoms with Gasteiger partial charge in [-0.2, -0.15) is 0 Å². The van der Waals surface area contributed by atoms with Crippen molar-refractivity contribution in [3.63, 3.8) is 0 Å². The van der Waals surface area contributed by atoms with Gasteiger partial charge >= 0.3 is 10.8 Å². The van der Waals surface area contributed by atoms with Crippen molar-refractivity contribution in [3.8, 4) is 0 Å². The van der Waals surface area contributed by atoms with Gasteiger partial charge in [-0.1, -0.05) is 12.2 Å². The molecule has 0 aromatic heterocycles. The lowest BCUT2D eigenvalue weighted by molar-refractivity contribution is -0.536. The first-order valence-corrected chi connectivity index (χ1v) is 4.58. The van der Waals surface area contributed by atoms with E-state index in [2.05, 4.69) is 0 Å². The van der Waals surface area contributed by atoms with Crippen molar-refractivity contribution in [3.05, 3.63) is 33.9 Å². The van der Waals surface area contributed by atoms with Crippen LogP contribution in [0.1, 0.15) is 6.42 Å². The summed E-state index contributed by atoms with van der Waals surface area (Å²) >= 11 is 10.3. The SMILES string of the molecule is O=C(Cl)C1=CC=CC(C(=O)Cl)([N+](=O)[O-])C1. The van der Waals surface area contributed by atoms with E-state index in [1.807, 2.05) is 0 Å². The quantitative estimate of drug-likeness (QED) is 0.431. The number of nitro groups is 1. The fourth-order valence-electron chi connectivity index (χ4n) is 1.20. The zero-order valence-electron chi connectivity index (χ0n) is 7.28. The second kappa shape index (κ2) is 4.12. The second-order valence-corrected chi connectivity index (χ2v) is 3.64. The zero-order chi connectivity index (χ0) is 11.6. The number of halogens is 2. The van der Waals surface area contributed by atoms with Crippen LogP contribution in [0.5, 0.6) is 0 Å². The van der Waals surface area contributed by atoms with Gasteiger partial charge < -0.3 is 0 Å². The molecule has 0 spiro atoms. The van der Waals surface area contributed by atoms with Crippen molar-refractivity contribution >= 4 is 33.7 Å². The van der Waals surface area contributed by atoms with Crippen LogP contribution in [0, 0.1) is 10.1 Å². The molecule has 0 amide bonds. The minimum Gasteiger partial charge on any atom is -0.276 e. The molecule has 0 saturated heterocycles. The fraction of sp³-hybridized carbons (Fsp3) is 0.250. The van der Waals surface area contributed by atoms with E-state index in [0.717, 1.165) is 6.08 Å². The van der Waals surface area contributed by atoms with Crippen LogP contribution in [-0.4, -0.2) is 20.9 Å². The molecule has 15 heavy (non-hydrogen) atoms. The molecular weight excluding hydrogens is 245 g/mol. The monoisotopic (exact) mass is 249 g/mol. The number of hydrogen-bond donors (Lipinski definition) is 0. The third-order valence-electron chi connectivity index (χ3n) is 2.05. The Morgan fingerprint density at radius 2 is 2.07 bits per heavy atom. The predicted octanol–water partition coefficient (Wildman–Crippen LogP) is 1.42. The maximum absolute atomic E-state index is 11.0. The summed E-state index contributed by atoms with van der Waals surface area (Å²) in [6.07, 6.45) is 3.17. The van der Waals surface area contributed by atoms with Crippen molar-refractivity contribution in [1.82, 2.24) is 0 Å². The van der Waals surface area contributed by atoms with Gasteiger partial charge in [-0.05, 0) is 23.2 Å². The van der Waals surface area contributed by atoms with Gasteiger partial charge in [0.25, 0.3) is 0 Å². The highest BCUT2D eigenvalue weighted by Gasteiger charge is 2.49. The highest BCUT2D eigenvalue weighted by atomic mass is 35.5. The molecule has 0 saturated carbocycles. The third-order valence-corrected chi connectivity index (χ3v) is 2.62. The summed E-state index contributed by atoms with van der Waals surface area (Å²) in [6.45, 7) is 0. The highest BCUT2D eigenvalue weighted by Crippen LogP contribution is 2.29. The lowest BCUT2D eigenvalue weighted by Gasteiger charge is -2.20. The molecule has 0 aliphatic heterocycles. The van der Waals surface area contributed by atoms with Crippen molar-refractivity contribution < 1.29 is 14.5 Å². The maximum Gasteiger partial charge on any atom is 0.316 e. The van der Waals surface area contributed by atoms with Gasteiger partial charge in [0.2, 0.25) is 5.24 Å². The zero-order valence-corrected chi connectivity index (χ0v) is 8.79. The van der Waals surface area contributed by atoms with Crippen LogP contribution in [0.3, 0.4) is 0 Å². The van der Waals surface area contributed by atoms with E-state index in [4.69, 9.17) is 23.2 Å². The molecule has 1 aliphatic rings. The summed E-state index contributed by atoms with van der Waals surface area (Å²) in [5.74, 6) is 0. The first kappa shape index (κ1) is 11.9. The number of nitrogens with zero attached hydrogens (tertiary/aromatic N) is 1. The van der Waals surface area contributed by atoms with Crippen molar-refractivity contribution in [1.29, 1.82) is 0 Å². The van der Waals surface area contributed by atoms with Gasteiger partial charge in [0.05, 0.1) is 6.42 Å². The second-order valence-electron chi connectivity index (χ2n) is 2.96. The number of carbonyl (C=O) groups is 2. The molecule has 0 heterocycles. The predicted molar refractivity (Wildman–Crippen MR) is 53.3 cm³/mol. The van der Waals surface area contributed by atoms with Crippen molar-refractivity contribution in [2.75, 3.05) is 0 Å². The molecular formula is C8H5Cl2NO4. The largest absolute Gasteiger partial charge is 0.316 e. The lowest BCUT2D eigenvalue weighted by atomic mass is 9.88. The molecule has 0 fully saturated rings. The minimum atomic E-state index is -2.07. The Kier molecular flexibility index (Phi) is 3.26. The van der Waals surface area contributed by atoms with Crippen LogP contribution in [0.25, 0.3) is 0 Å². The molecule has 0 N–H and O–H groups in total. The number of hydrogen-bond acceptors (Lipinski definition) is 4. The van der Waals surface area contributed by atoms with Crippen LogP contribution >= 0.6 is 23.2 Å².